The van der Waals surface area contributed by atoms with Crippen LogP contribution in [0.1, 0.15) is 19.8 Å². The number of halogens is 2. The second-order valence-electron chi connectivity index (χ2n) is 36.8. The number of rotatable bonds is 10. The molecule has 0 saturated heterocycles. The molecule has 6 heteroatoms. The van der Waals surface area contributed by atoms with Crippen molar-refractivity contribution in [3.63, 3.8) is 0 Å². The summed E-state index contributed by atoms with van der Waals surface area (Å²) in [6.45, 7) is 5.72. The second kappa shape index (κ2) is 40.3. The fraction of sp³-hybridized carbons (Fsp3) is 0.0221. The van der Waals surface area contributed by atoms with Gasteiger partial charge >= 0.3 is 26.0 Å². The van der Waals surface area contributed by atoms with Crippen molar-refractivity contribution in [1.82, 2.24) is 0 Å². The van der Waals surface area contributed by atoms with Gasteiger partial charge in [-0.25, -0.2) is 0 Å². The van der Waals surface area contributed by atoms with E-state index in [0.29, 0.717) is 5.46 Å². The molecule has 27 aromatic rings. The Hall–Kier alpha value is -15.6. The summed E-state index contributed by atoms with van der Waals surface area (Å²) in [5, 5.41) is 56.3. The molecule has 0 bridgehead atoms. The zero-order valence-electron chi connectivity index (χ0n) is 78.8. The van der Waals surface area contributed by atoms with E-state index >= 15 is 0 Å². The third kappa shape index (κ3) is 18.9. The van der Waals surface area contributed by atoms with E-state index < -0.39 is 7.12 Å². The Morgan fingerprint density at radius 3 is 0.528 bits per heavy atom. The van der Waals surface area contributed by atoms with E-state index in [1.807, 2.05) is 18.2 Å². The van der Waals surface area contributed by atoms with E-state index in [0.717, 1.165) is 31.5 Å². The predicted octanol–water partition coefficient (Wildman–Crippen LogP) is 35.2. The summed E-state index contributed by atoms with van der Waals surface area (Å²) in [4.78, 5) is 0. The molecule has 0 fully saturated rings. The Bertz CT molecular complexity index is 9580. The van der Waals surface area contributed by atoms with Crippen LogP contribution in [0.25, 0.3) is 251 Å². The van der Waals surface area contributed by atoms with Gasteiger partial charge in [-0.2, -0.15) is 6.42 Å². The van der Waals surface area contributed by atoms with Gasteiger partial charge in [0.25, 0.3) is 0 Å². The van der Waals surface area contributed by atoms with Gasteiger partial charge in [-0.05, 0) is 365 Å². The normalized spacial score (nSPS) is 11.3. The van der Waals surface area contributed by atoms with Gasteiger partial charge in [-0.3, -0.25) is 0 Å². The van der Waals surface area contributed by atoms with Crippen LogP contribution in [0, 0.1) is 6.92 Å². The van der Waals surface area contributed by atoms with E-state index in [2.05, 4.69) is 525 Å². The SMILES string of the molecule is Brc1ccc2c(ccc3cc(-c4ccc5ccccc5c4)ccc32)c1.Brc1ccc2c(ccc3cc(-c4cccc(-c5ccc6ccccc6c5)c4)ccc32)c1.OB(O)c1ccc2c(ccc3cc(-c4ccc5ccccc5c4)ccc32)c1.[CH2-]CCC.[Li+].c1cc(-c2ccc3ccccc3c2)cc(-c2ccc3c(ccc4cc(-c5ccc6c(ccc7cc(-c8ccc9ccccc9c8)ccc76)c5)ccc43)c2)c1. The number of hydrogen-bond donors (Lipinski definition) is 2. The molecular formula is C136H94BBr2LiO2. The fourth-order valence-electron chi connectivity index (χ4n) is 20.3. The standard InChI is InChI=1S/C54H34.C30H19Br.C24H17BO2.C24H15Br.C4H9.Li/c1-3-8-37-28-41(14-12-35(37)6-1)39-10-5-11-40(30-39)43-20-24-51-47(31-43)16-17-49-33-45(22-26-53(49)51)46-23-27-54-50(34-46)19-18-48-32-44(21-25-52(48)54)42-15-13-36-7-2-4-9-38(36)29-42;31-28-13-15-30-27(19-28)11-10-26-18-25(12-14-29(26)30)23-7-3-6-22(17-23)24-9-8-20-4-1-2-5-21(20)16-24;26-25(27)22-10-12-24-21(15-22)8-7-20-14-19(9-11-23(20)24)18-6-5-16-3-1-2-4-17(16)13-18;25-22-10-12-24-21(15-22)8-7-20-14-19(9-11-23(20)24)18-6-5-16-3-1-2-4-17(16)13-18;1-3-4-2;/h1-34H;1-19H;1-15,26-27H;1-15H;1,3-4H2,2H3;/q;;;;-1;+1. The summed E-state index contributed by atoms with van der Waals surface area (Å²) in [6, 6.07) is 182. The summed E-state index contributed by atoms with van der Waals surface area (Å²) < 4.78 is 2.23. The van der Waals surface area contributed by atoms with Crippen LogP contribution in [0.3, 0.4) is 0 Å². The minimum absolute atomic E-state index is 0. The molecule has 27 aromatic carbocycles. The summed E-state index contributed by atoms with van der Waals surface area (Å²) in [6.07, 6.45) is 2.28. The van der Waals surface area contributed by atoms with Crippen molar-refractivity contribution < 1.29 is 28.9 Å². The number of hydrogen-bond acceptors (Lipinski definition) is 2. The predicted molar refractivity (Wildman–Crippen MR) is 617 cm³/mol. The Morgan fingerprint density at radius 2 is 0.324 bits per heavy atom. The summed E-state index contributed by atoms with van der Waals surface area (Å²) in [5.41, 5.74) is 20.3. The minimum atomic E-state index is -1.44. The number of unbranched alkanes of at least 4 members (excludes halogenated alkanes) is 1. The van der Waals surface area contributed by atoms with Crippen LogP contribution in [-0.4, -0.2) is 17.2 Å². The first kappa shape index (κ1) is 91.5. The molecule has 0 saturated carbocycles. The smallest absolute Gasteiger partial charge is 0.423 e. The van der Waals surface area contributed by atoms with E-state index in [9.17, 15) is 10.0 Å². The van der Waals surface area contributed by atoms with Crippen LogP contribution in [0.2, 0.25) is 0 Å². The molecule has 0 heterocycles. The minimum Gasteiger partial charge on any atom is -0.423 e. The molecule has 142 heavy (non-hydrogen) atoms. The van der Waals surface area contributed by atoms with Crippen LogP contribution in [0.4, 0.5) is 0 Å². The van der Waals surface area contributed by atoms with Gasteiger partial charge in [0.2, 0.25) is 0 Å². The maximum Gasteiger partial charge on any atom is 1.00 e. The maximum atomic E-state index is 9.39. The largest absolute Gasteiger partial charge is 1.00 e. The monoisotopic (exact) mass is 1930 g/mol. The molecule has 0 aliphatic heterocycles. The molecular weight excluding hydrogens is 1840 g/mol. The summed E-state index contributed by atoms with van der Waals surface area (Å²) in [5.74, 6) is 0. The first-order valence-electron chi connectivity index (χ1n) is 48.3. The van der Waals surface area contributed by atoms with Crippen LogP contribution in [-0.2, 0) is 0 Å². The average molecular weight is 1940 g/mol. The molecule has 0 amide bonds. The molecule has 0 aromatic heterocycles. The average Bonchev–Trinajstić information content (AvgIpc) is 0.753. The van der Waals surface area contributed by atoms with E-state index in [1.54, 1.807) is 6.07 Å². The van der Waals surface area contributed by atoms with Crippen LogP contribution < -0.4 is 24.3 Å². The summed E-state index contributed by atoms with van der Waals surface area (Å²) in [7, 11) is -1.44. The Kier molecular flexibility index (Phi) is 26.0. The van der Waals surface area contributed by atoms with E-state index in [1.165, 1.54) is 241 Å². The molecule has 0 spiro atoms. The van der Waals surface area contributed by atoms with Crippen molar-refractivity contribution >= 4 is 206 Å². The van der Waals surface area contributed by atoms with Crippen molar-refractivity contribution in [1.29, 1.82) is 0 Å². The molecule has 27 rings (SSSR count). The summed E-state index contributed by atoms with van der Waals surface area (Å²) >= 11 is 7.14. The van der Waals surface area contributed by atoms with Gasteiger partial charge in [0, 0.05) is 8.95 Å². The van der Waals surface area contributed by atoms with E-state index in [-0.39, 0.29) is 18.9 Å². The van der Waals surface area contributed by atoms with Crippen molar-refractivity contribution in [3.8, 4) is 89.0 Å². The molecule has 0 radical (unpaired) electrons. The van der Waals surface area contributed by atoms with Crippen LogP contribution in [0.5, 0.6) is 0 Å². The van der Waals surface area contributed by atoms with Gasteiger partial charge in [-0.15, -0.1) is 0 Å². The molecule has 0 aliphatic carbocycles. The van der Waals surface area contributed by atoms with Crippen LogP contribution in [0.15, 0.2) is 512 Å². The van der Waals surface area contributed by atoms with E-state index in [4.69, 9.17) is 0 Å². The third-order valence-corrected chi connectivity index (χ3v) is 28.9. The molecule has 2 nitrogen and oxygen atoms in total. The molecule has 0 unspecified atom stereocenters. The van der Waals surface area contributed by atoms with Crippen molar-refractivity contribution in [2.45, 2.75) is 19.8 Å². The Morgan fingerprint density at radius 1 is 0.169 bits per heavy atom. The first-order chi connectivity index (χ1) is 69.3. The van der Waals surface area contributed by atoms with Crippen molar-refractivity contribution in [3.05, 3.63) is 519 Å². The Labute approximate surface area is 855 Å². The number of benzene rings is 27. The molecule has 0 atom stereocenters. The van der Waals surface area contributed by atoms with Crippen molar-refractivity contribution in [2.24, 2.45) is 0 Å². The van der Waals surface area contributed by atoms with Gasteiger partial charge in [0.05, 0.1) is 0 Å². The quantitative estimate of drug-likeness (QED) is 0.0814. The molecule has 668 valence electrons. The van der Waals surface area contributed by atoms with Crippen LogP contribution >= 0.6 is 31.9 Å². The van der Waals surface area contributed by atoms with Gasteiger partial charge in [-0.1, -0.05) is 440 Å². The number of fused-ring (bicyclic) bond motifs is 20. The fourth-order valence-corrected chi connectivity index (χ4v) is 21.1. The zero-order valence-corrected chi connectivity index (χ0v) is 81.9. The zero-order chi connectivity index (χ0) is 95.0. The Balaban J connectivity index is 0.000000113. The van der Waals surface area contributed by atoms with Gasteiger partial charge in [0.1, 0.15) is 0 Å². The van der Waals surface area contributed by atoms with Gasteiger partial charge in [0.15, 0.2) is 0 Å². The maximum absolute atomic E-state index is 9.39. The second-order valence-corrected chi connectivity index (χ2v) is 38.6. The molecule has 0 aliphatic rings. The topological polar surface area (TPSA) is 40.5 Å². The molecule has 2 N–H and O–H groups in total. The van der Waals surface area contributed by atoms with Gasteiger partial charge < -0.3 is 17.0 Å². The third-order valence-electron chi connectivity index (χ3n) is 27.9. The first-order valence-corrected chi connectivity index (χ1v) is 49.9. The van der Waals surface area contributed by atoms with Crippen molar-refractivity contribution in [2.75, 3.05) is 0 Å².